The van der Waals surface area contributed by atoms with Gasteiger partial charge in [0, 0.05) is 24.6 Å². The highest BCUT2D eigenvalue weighted by molar-refractivity contribution is 6.42. The van der Waals surface area contributed by atoms with Crippen LogP contribution in [-0.2, 0) is 0 Å². The predicted molar refractivity (Wildman–Crippen MR) is 100 cm³/mol. The summed E-state index contributed by atoms with van der Waals surface area (Å²) < 4.78 is 0. The van der Waals surface area contributed by atoms with Crippen molar-refractivity contribution in [3.8, 4) is 5.75 Å². The molecule has 134 valence electrons. The summed E-state index contributed by atoms with van der Waals surface area (Å²) in [6, 6.07) is 14.7. The van der Waals surface area contributed by atoms with Gasteiger partial charge in [-0.25, -0.2) is 4.79 Å². The van der Waals surface area contributed by atoms with Crippen LogP contribution >= 0.6 is 23.2 Å². The summed E-state index contributed by atoms with van der Waals surface area (Å²) >= 11 is 12.2. The van der Waals surface area contributed by atoms with Gasteiger partial charge in [-0.1, -0.05) is 52.6 Å². The number of carbonyl (C=O) groups is 1. The van der Waals surface area contributed by atoms with E-state index in [1.54, 1.807) is 12.1 Å². The van der Waals surface area contributed by atoms with E-state index < -0.39 is 6.09 Å². The number of amides is 1. The van der Waals surface area contributed by atoms with Gasteiger partial charge in [-0.2, -0.15) is 0 Å². The van der Waals surface area contributed by atoms with Gasteiger partial charge in [0.05, 0.1) is 15.8 Å². The van der Waals surface area contributed by atoms with Gasteiger partial charge in [0.15, 0.2) is 5.75 Å². The first kappa shape index (κ1) is 17.2. The quantitative estimate of drug-likeness (QED) is 0.611. The summed E-state index contributed by atoms with van der Waals surface area (Å²) in [4.78, 5) is 18.2. The Kier molecular flexibility index (Phi) is 4.51. The number of para-hydroxylation sites is 1. The molecule has 2 aliphatic rings. The molecule has 1 N–H and O–H groups in total. The maximum Gasteiger partial charge on any atom is 0.407 e. The number of oxime groups is 1. The van der Waals surface area contributed by atoms with E-state index in [1.807, 2.05) is 36.4 Å². The molecule has 1 heterocycles. The number of piperidine rings is 1. The Labute approximate surface area is 160 Å². The second-order valence-corrected chi connectivity index (χ2v) is 7.37. The first-order chi connectivity index (χ1) is 12.5. The summed E-state index contributed by atoms with van der Waals surface area (Å²) in [5.74, 6) is 1.33. The Bertz CT molecular complexity index is 860. The lowest BCUT2D eigenvalue weighted by molar-refractivity contribution is 0.149. The maximum atomic E-state index is 11.1. The van der Waals surface area contributed by atoms with Gasteiger partial charge in [-0.05, 0) is 36.1 Å². The van der Waals surface area contributed by atoms with Gasteiger partial charge < -0.3 is 14.8 Å². The van der Waals surface area contributed by atoms with Gasteiger partial charge in [0.2, 0.25) is 0 Å². The molecule has 0 bridgehead atoms. The number of halogens is 2. The van der Waals surface area contributed by atoms with Crippen LogP contribution in [0.25, 0.3) is 0 Å². The Morgan fingerprint density at radius 2 is 1.77 bits per heavy atom. The van der Waals surface area contributed by atoms with E-state index in [4.69, 9.17) is 33.1 Å². The minimum Gasteiger partial charge on any atom is -0.465 e. The fourth-order valence-electron chi connectivity index (χ4n) is 3.63. The number of hydrogen-bond acceptors (Lipinski definition) is 3. The zero-order valence-electron chi connectivity index (χ0n) is 13.7. The molecular weight excluding hydrogens is 375 g/mol. The number of benzene rings is 2. The molecule has 7 heteroatoms. The molecule has 1 aliphatic carbocycles. The number of fused-ring (bicyclic) bond motifs is 1. The molecule has 0 spiro atoms. The van der Waals surface area contributed by atoms with Crippen molar-refractivity contribution < 1.29 is 14.7 Å². The smallest absolute Gasteiger partial charge is 0.407 e. The van der Waals surface area contributed by atoms with Crippen molar-refractivity contribution >= 4 is 35.0 Å². The number of nitrogens with zero attached hydrogens (tertiary/aromatic N) is 2. The first-order valence-electron chi connectivity index (χ1n) is 8.28. The molecule has 1 saturated heterocycles. The van der Waals surface area contributed by atoms with Gasteiger partial charge in [-0.3, -0.25) is 0 Å². The fourth-order valence-corrected chi connectivity index (χ4v) is 3.93. The molecule has 1 aliphatic heterocycles. The lowest BCUT2D eigenvalue weighted by Crippen LogP contribution is -2.31. The van der Waals surface area contributed by atoms with E-state index in [0.29, 0.717) is 28.9 Å². The second kappa shape index (κ2) is 6.82. The second-order valence-electron chi connectivity index (χ2n) is 6.55. The van der Waals surface area contributed by atoms with Gasteiger partial charge in [0.25, 0.3) is 0 Å². The van der Waals surface area contributed by atoms with E-state index in [2.05, 4.69) is 5.16 Å². The van der Waals surface area contributed by atoms with Crippen LogP contribution in [0, 0.1) is 17.8 Å². The van der Waals surface area contributed by atoms with Crippen LogP contribution in [0.5, 0.6) is 5.75 Å². The Morgan fingerprint density at radius 3 is 2.38 bits per heavy atom. The lowest BCUT2D eigenvalue weighted by Gasteiger charge is -2.17. The molecular formula is C19H16Cl2N2O3. The first-order valence-corrected chi connectivity index (χ1v) is 9.03. The Balaban J connectivity index is 1.61. The Morgan fingerprint density at radius 1 is 1.08 bits per heavy atom. The highest BCUT2D eigenvalue weighted by Crippen LogP contribution is 2.53. The Hall–Kier alpha value is -2.24. The van der Waals surface area contributed by atoms with Crippen LogP contribution in [0.4, 0.5) is 4.79 Å². The highest BCUT2D eigenvalue weighted by atomic mass is 35.5. The van der Waals surface area contributed by atoms with Crippen molar-refractivity contribution in [2.24, 2.45) is 22.9 Å². The van der Waals surface area contributed by atoms with E-state index in [1.165, 1.54) is 4.90 Å². The molecule has 5 nitrogen and oxygen atoms in total. The molecule has 0 radical (unpaired) electrons. The van der Waals surface area contributed by atoms with E-state index in [-0.39, 0.29) is 17.8 Å². The third kappa shape index (κ3) is 3.24. The van der Waals surface area contributed by atoms with Gasteiger partial charge >= 0.3 is 6.09 Å². The lowest BCUT2D eigenvalue weighted by atomic mass is 10.0. The molecule has 2 aromatic rings. The zero-order chi connectivity index (χ0) is 18.3. The highest BCUT2D eigenvalue weighted by Gasteiger charge is 2.59. The molecule has 0 aromatic heterocycles. The minimum atomic E-state index is -0.871. The number of rotatable bonds is 4. The fraction of sp³-hybridized carbons (Fsp3) is 0.263. The molecule has 2 atom stereocenters. The molecule has 1 amide bonds. The third-order valence-corrected chi connectivity index (χ3v) is 5.73. The maximum absolute atomic E-state index is 11.1. The van der Waals surface area contributed by atoms with Crippen molar-refractivity contribution in [3.63, 3.8) is 0 Å². The molecule has 2 fully saturated rings. The molecule has 26 heavy (non-hydrogen) atoms. The summed E-state index contributed by atoms with van der Waals surface area (Å²) in [5.41, 5.74) is 1.63. The van der Waals surface area contributed by atoms with Crippen LogP contribution in [-0.4, -0.2) is 34.9 Å². The summed E-state index contributed by atoms with van der Waals surface area (Å²) in [6.45, 7) is 1.05. The summed E-state index contributed by atoms with van der Waals surface area (Å²) in [6.07, 6.45) is -0.871. The predicted octanol–water partition coefficient (Wildman–Crippen LogP) is 4.63. The van der Waals surface area contributed by atoms with E-state index in [0.717, 1.165) is 11.3 Å². The van der Waals surface area contributed by atoms with Crippen molar-refractivity contribution in [1.82, 2.24) is 4.90 Å². The van der Waals surface area contributed by atoms with Gasteiger partial charge in [-0.15, -0.1) is 0 Å². The van der Waals surface area contributed by atoms with Crippen molar-refractivity contribution in [3.05, 3.63) is 64.1 Å². The zero-order valence-corrected chi connectivity index (χ0v) is 15.2. The SMILES string of the molecule is O=C(O)N1CC2C(C1)C2/C(=N/Oc1ccccc1)c1ccc(Cl)c(Cl)c1. The standard InChI is InChI=1S/C19H16Cl2N2O3/c20-15-7-6-11(8-16(15)21)18(22-26-12-4-2-1-3-5-12)17-13-9-23(19(24)25)10-14(13)17/h1-8,13-14,17H,9-10H2,(H,24,25)/b22-18+. The van der Waals surface area contributed by atoms with Crippen LogP contribution in [0.3, 0.4) is 0 Å². The van der Waals surface area contributed by atoms with Crippen molar-refractivity contribution in [2.45, 2.75) is 0 Å². The van der Waals surface area contributed by atoms with Crippen LogP contribution in [0.1, 0.15) is 5.56 Å². The summed E-state index contributed by atoms with van der Waals surface area (Å²) in [5, 5.41) is 14.5. The topological polar surface area (TPSA) is 62.1 Å². The third-order valence-electron chi connectivity index (χ3n) is 4.99. The molecule has 2 aromatic carbocycles. The summed E-state index contributed by atoms with van der Waals surface area (Å²) in [7, 11) is 0. The molecule has 2 unspecified atom stereocenters. The van der Waals surface area contributed by atoms with Crippen LogP contribution in [0.15, 0.2) is 53.7 Å². The molecule has 4 rings (SSSR count). The average molecular weight is 391 g/mol. The van der Waals surface area contributed by atoms with Gasteiger partial charge in [0.1, 0.15) is 0 Å². The normalized spacial score (nSPS) is 24.3. The van der Waals surface area contributed by atoms with E-state index >= 15 is 0 Å². The van der Waals surface area contributed by atoms with Crippen LogP contribution < -0.4 is 4.84 Å². The largest absolute Gasteiger partial charge is 0.465 e. The number of hydrogen-bond donors (Lipinski definition) is 1. The monoisotopic (exact) mass is 390 g/mol. The van der Waals surface area contributed by atoms with Crippen LogP contribution in [0.2, 0.25) is 10.0 Å². The minimum absolute atomic E-state index is 0.159. The van der Waals surface area contributed by atoms with E-state index in [9.17, 15) is 4.79 Å². The average Bonchev–Trinajstić information content (AvgIpc) is 3.10. The van der Waals surface area contributed by atoms with Crippen molar-refractivity contribution in [1.29, 1.82) is 0 Å². The molecule has 1 saturated carbocycles. The number of carboxylic acid groups (broad SMARTS) is 1. The number of likely N-dealkylation sites (tertiary alicyclic amines) is 1. The van der Waals surface area contributed by atoms with Crippen molar-refractivity contribution in [2.75, 3.05) is 13.1 Å².